The Hall–Kier alpha value is -1.17. The van der Waals surface area contributed by atoms with E-state index in [1.165, 1.54) is 0 Å². The summed E-state index contributed by atoms with van der Waals surface area (Å²) in [4.78, 5) is 13.8. The molecule has 1 amide bonds. The van der Waals surface area contributed by atoms with E-state index in [0.29, 0.717) is 11.3 Å². The number of carbonyl (C=O) groups excluding carboxylic acids is 1. The first-order valence-corrected chi connectivity index (χ1v) is 6.78. The van der Waals surface area contributed by atoms with E-state index in [4.69, 9.17) is 11.2 Å². The van der Waals surface area contributed by atoms with Crippen molar-refractivity contribution < 1.29 is 9.53 Å². The molecular weight excluding hydrogens is 226 g/mol. The van der Waals surface area contributed by atoms with Gasteiger partial charge in [0.05, 0.1) is 0 Å². The summed E-state index contributed by atoms with van der Waals surface area (Å²) < 4.78 is 5.39. The number of piperidine rings is 1. The Kier molecular flexibility index (Phi) is 3.31. The molecule has 1 spiro atoms. The molecule has 1 saturated carbocycles. The lowest BCUT2D eigenvalue weighted by molar-refractivity contribution is -0.0157. The second-order valence-electron chi connectivity index (χ2n) is 6.74. The third kappa shape index (κ3) is 2.80. The lowest BCUT2D eigenvalue weighted by atomic mass is 9.58. The maximum Gasteiger partial charge on any atom is 0.410 e. The van der Waals surface area contributed by atoms with Crippen molar-refractivity contribution in [3.05, 3.63) is 0 Å². The zero-order valence-corrected chi connectivity index (χ0v) is 11.7. The molecule has 0 aromatic heterocycles. The number of likely N-dealkylation sites (tertiary alicyclic amines) is 1. The fourth-order valence-corrected chi connectivity index (χ4v) is 3.00. The molecule has 1 heterocycles. The van der Waals surface area contributed by atoms with Crippen LogP contribution in [0.15, 0.2) is 0 Å². The highest BCUT2D eigenvalue weighted by Crippen LogP contribution is 2.52. The number of ether oxygens (including phenoxy) is 1. The van der Waals surface area contributed by atoms with Crippen LogP contribution in [0.2, 0.25) is 0 Å². The summed E-state index contributed by atoms with van der Waals surface area (Å²) in [6.45, 7) is 7.33. The number of rotatable bonds is 0. The lowest BCUT2D eigenvalue weighted by Crippen LogP contribution is -2.49. The van der Waals surface area contributed by atoms with Crippen LogP contribution in [-0.2, 0) is 4.74 Å². The van der Waals surface area contributed by atoms with E-state index >= 15 is 0 Å². The second kappa shape index (κ2) is 4.50. The lowest BCUT2D eigenvalue weighted by Gasteiger charge is -2.50. The van der Waals surface area contributed by atoms with E-state index in [0.717, 1.165) is 38.8 Å². The molecule has 0 bridgehead atoms. The molecule has 0 unspecified atom stereocenters. The first-order chi connectivity index (χ1) is 8.34. The van der Waals surface area contributed by atoms with Crippen LogP contribution in [0.1, 0.15) is 46.5 Å². The maximum atomic E-state index is 11.9. The Morgan fingerprint density at radius 3 is 2.33 bits per heavy atom. The standard InChI is InChI=1S/C15H23NO2/c1-5-12-10-15(11-12)6-8-16(9-7-15)13(17)18-14(2,3)4/h1,12H,6-11H2,2-4H3. The van der Waals surface area contributed by atoms with Crippen LogP contribution in [0.4, 0.5) is 4.79 Å². The minimum absolute atomic E-state index is 0.176. The van der Waals surface area contributed by atoms with Gasteiger partial charge in [-0.3, -0.25) is 0 Å². The highest BCUT2D eigenvalue weighted by molar-refractivity contribution is 5.68. The quantitative estimate of drug-likeness (QED) is 0.618. The molecule has 18 heavy (non-hydrogen) atoms. The summed E-state index contributed by atoms with van der Waals surface area (Å²) in [5, 5.41) is 0. The molecular formula is C15H23NO2. The van der Waals surface area contributed by atoms with Gasteiger partial charge in [-0.05, 0) is 51.9 Å². The fraction of sp³-hybridized carbons (Fsp3) is 0.800. The summed E-state index contributed by atoms with van der Waals surface area (Å²) in [6, 6.07) is 0. The molecule has 0 aromatic carbocycles. The molecule has 0 N–H and O–H groups in total. The molecule has 2 aliphatic rings. The third-order valence-electron chi connectivity index (χ3n) is 4.07. The van der Waals surface area contributed by atoms with E-state index in [-0.39, 0.29) is 6.09 Å². The van der Waals surface area contributed by atoms with Crippen LogP contribution in [0, 0.1) is 23.7 Å². The summed E-state index contributed by atoms with van der Waals surface area (Å²) >= 11 is 0. The largest absolute Gasteiger partial charge is 0.444 e. The van der Waals surface area contributed by atoms with Gasteiger partial charge in [0.25, 0.3) is 0 Å². The Labute approximate surface area is 110 Å². The van der Waals surface area contributed by atoms with Gasteiger partial charge < -0.3 is 9.64 Å². The van der Waals surface area contributed by atoms with E-state index < -0.39 is 5.60 Å². The van der Waals surface area contributed by atoms with E-state index in [1.54, 1.807) is 0 Å². The highest BCUT2D eigenvalue weighted by Gasteiger charge is 2.45. The Bertz CT molecular complexity index is 359. The zero-order valence-electron chi connectivity index (χ0n) is 11.7. The predicted molar refractivity (Wildman–Crippen MR) is 71.0 cm³/mol. The van der Waals surface area contributed by atoms with Crippen molar-refractivity contribution in [2.45, 2.75) is 52.1 Å². The van der Waals surface area contributed by atoms with E-state index in [1.807, 2.05) is 25.7 Å². The first kappa shape index (κ1) is 13.3. The van der Waals surface area contributed by atoms with Crippen molar-refractivity contribution in [2.24, 2.45) is 11.3 Å². The topological polar surface area (TPSA) is 29.5 Å². The molecule has 0 atom stereocenters. The monoisotopic (exact) mass is 249 g/mol. The van der Waals surface area contributed by atoms with Gasteiger partial charge in [-0.15, -0.1) is 12.3 Å². The Morgan fingerprint density at radius 1 is 1.33 bits per heavy atom. The molecule has 1 aliphatic heterocycles. The van der Waals surface area contributed by atoms with Crippen LogP contribution in [-0.4, -0.2) is 29.7 Å². The zero-order chi connectivity index (χ0) is 13.4. The van der Waals surface area contributed by atoms with Crippen molar-refractivity contribution in [3.8, 4) is 12.3 Å². The maximum absolute atomic E-state index is 11.9. The smallest absolute Gasteiger partial charge is 0.410 e. The second-order valence-corrected chi connectivity index (χ2v) is 6.74. The number of carbonyl (C=O) groups is 1. The molecule has 3 nitrogen and oxygen atoms in total. The van der Waals surface area contributed by atoms with Gasteiger partial charge in [0.2, 0.25) is 0 Å². The molecule has 0 aromatic rings. The van der Waals surface area contributed by atoms with Gasteiger partial charge >= 0.3 is 6.09 Å². The van der Waals surface area contributed by atoms with Crippen molar-refractivity contribution in [2.75, 3.05) is 13.1 Å². The van der Waals surface area contributed by atoms with Crippen molar-refractivity contribution in [1.82, 2.24) is 4.90 Å². The summed E-state index contributed by atoms with van der Waals surface area (Å²) in [5.41, 5.74) is 0.0206. The predicted octanol–water partition coefficient (Wildman–Crippen LogP) is 3.05. The fourth-order valence-electron chi connectivity index (χ4n) is 3.00. The van der Waals surface area contributed by atoms with Crippen LogP contribution >= 0.6 is 0 Å². The van der Waals surface area contributed by atoms with Gasteiger partial charge in [-0.2, -0.15) is 0 Å². The average molecular weight is 249 g/mol. The summed E-state index contributed by atoms with van der Waals surface area (Å²) in [7, 11) is 0. The van der Waals surface area contributed by atoms with Gasteiger partial charge in [-0.25, -0.2) is 4.79 Å². The van der Waals surface area contributed by atoms with Gasteiger partial charge in [0, 0.05) is 19.0 Å². The molecule has 1 saturated heterocycles. The molecule has 2 fully saturated rings. The van der Waals surface area contributed by atoms with E-state index in [9.17, 15) is 4.79 Å². The van der Waals surface area contributed by atoms with E-state index in [2.05, 4.69) is 5.92 Å². The minimum Gasteiger partial charge on any atom is -0.444 e. The number of nitrogens with zero attached hydrogens (tertiary/aromatic N) is 1. The Morgan fingerprint density at radius 2 is 1.89 bits per heavy atom. The van der Waals surface area contributed by atoms with Crippen molar-refractivity contribution >= 4 is 6.09 Å². The van der Waals surface area contributed by atoms with Crippen LogP contribution in [0.3, 0.4) is 0 Å². The number of hydrogen-bond donors (Lipinski definition) is 0. The number of hydrogen-bond acceptors (Lipinski definition) is 2. The first-order valence-electron chi connectivity index (χ1n) is 6.78. The molecule has 2 rings (SSSR count). The number of amides is 1. The van der Waals surface area contributed by atoms with Crippen molar-refractivity contribution in [1.29, 1.82) is 0 Å². The Balaban J connectivity index is 1.81. The third-order valence-corrected chi connectivity index (χ3v) is 4.07. The molecule has 100 valence electrons. The molecule has 0 radical (unpaired) electrons. The minimum atomic E-state index is -0.406. The highest BCUT2D eigenvalue weighted by atomic mass is 16.6. The average Bonchev–Trinajstić information content (AvgIpc) is 2.23. The number of terminal acetylenes is 1. The normalized spacial score (nSPS) is 23.3. The van der Waals surface area contributed by atoms with Crippen molar-refractivity contribution in [3.63, 3.8) is 0 Å². The van der Waals surface area contributed by atoms with Gasteiger partial charge in [0.15, 0.2) is 0 Å². The van der Waals surface area contributed by atoms with Crippen LogP contribution < -0.4 is 0 Å². The molecule has 3 heteroatoms. The summed E-state index contributed by atoms with van der Waals surface area (Å²) in [5.74, 6) is 3.30. The SMILES string of the molecule is C#CC1CC2(CCN(C(=O)OC(C)(C)C)CC2)C1. The molecule has 1 aliphatic carbocycles. The van der Waals surface area contributed by atoms with Crippen LogP contribution in [0.25, 0.3) is 0 Å². The van der Waals surface area contributed by atoms with Gasteiger partial charge in [0.1, 0.15) is 5.60 Å². The van der Waals surface area contributed by atoms with Gasteiger partial charge in [-0.1, -0.05) is 0 Å². The summed E-state index contributed by atoms with van der Waals surface area (Å²) in [6.07, 6.45) is 9.70. The van der Waals surface area contributed by atoms with Crippen LogP contribution in [0.5, 0.6) is 0 Å².